The van der Waals surface area contributed by atoms with Crippen LogP contribution in [0.4, 0.5) is 0 Å². The Hall–Kier alpha value is -1.36. The van der Waals surface area contributed by atoms with E-state index in [1.54, 1.807) is 30.6 Å². The van der Waals surface area contributed by atoms with Gasteiger partial charge in [-0.1, -0.05) is 23.2 Å². The Labute approximate surface area is 134 Å². The second kappa shape index (κ2) is 6.60. The van der Waals surface area contributed by atoms with Crippen molar-refractivity contribution in [1.82, 2.24) is 15.3 Å². The molecule has 6 heteroatoms. The Bertz CT molecular complexity index is 609. The molecule has 0 atom stereocenters. The molecule has 0 unspecified atom stereocenters. The van der Waals surface area contributed by atoms with Gasteiger partial charge in [0.25, 0.3) is 0 Å². The number of hydrogen-bond donors (Lipinski definition) is 1. The van der Waals surface area contributed by atoms with Crippen LogP contribution in [0.5, 0.6) is 11.6 Å². The van der Waals surface area contributed by atoms with Gasteiger partial charge in [0.15, 0.2) is 0 Å². The van der Waals surface area contributed by atoms with Gasteiger partial charge in [0.2, 0.25) is 5.88 Å². The minimum Gasteiger partial charge on any atom is -0.436 e. The normalized spacial score (nSPS) is 11.5. The smallest absolute Gasteiger partial charge is 0.237 e. The van der Waals surface area contributed by atoms with E-state index in [0.29, 0.717) is 28.2 Å². The molecule has 2 rings (SSSR count). The van der Waals surface area contributed by atoms with Gasteiger partial charge in [0, 0.05) is 23.2 Å². The summed E-state index contributed by atoms with van der Waals surface area (Å²) in [5.41, 5.74) is 0.875. The Morgan fingerprint density at radius 1 is 1.14 bits per heavy atom. The standard InChI is InChI=1S/C15H17Cl2N3O/c1-15(2,3)20-8-11-7-19-14(9-18-11)21-13-6-10(16)4-5-12(13)17/h4-7,9,20H,8H2,1-3H3. The molecule has 1 aromatic heterocycles. The topological polar surface area (TPSA) is 47.0 Å². The molecule has 0 aliphatic carbocycles. The van der Waals surface area contributed by atoms with Gasteiger partial charge in [-0.15, -0.1) is 0 Å². The predicted octanol–water partition coefficient (Wildman–Crippen LogP) is 4.46. The number of halogens is 2. The number of benzene rings is 1. The molecule has 0 spiro atoms. The van der Waals surface area contributed by atoms with Gasteiger partial charge in [-0.2, -0.15) is 0 Å². The fraction of sp³-hybridized carbons (Fsp3) is 0.333. The molecule has 0 saturated heterocycles. The average Bonchev–Trinajstić information content (AvgIpc) is 2.41. The lowest BCUT2D eigenvalue weighted by Crippen LogP contribution is -2.35. The van der Waals surface area contributed by atoms with Crippen LogP contribution in [-0.2, 0) is 6.54 Å². The first-order valence-electron chi connectivity index (χ1n) is 6.52. The molecular formula is C15H17Cl2N3O. The van der Waals surface area contributed by atoms with Crippen molar-refractivity contribution in [3.8, 4) is 11.6 Å². The minimum absolute atomic E-state index is 0.0329. The monoisotopic (exact) mass is 325 g/mol. The third-order valence-corrected chi connectivity index (χ3v) is 3.14. The second-order valence-corrected chi connectivity index (χ2v) is 6.47. The molecule has 1 N–H and O–H groups in total. The Kier molecular flexibility index (Phi) is 5.04. The van der Waals surface area contributed by atoms with E-state index in [-0.39, 0.29) is 5.54 Å². The van der Waals surface area contributed by atoms with Gasteiger partial charge in [-0.05, 0) is 32.9 Å². The van der Waals surface area contributed by atoms with E-state index < -0.39 is 0 Å². The molecule has 1 heterocycles. The Balaban J connectivity index is 2.04. The van der Waals surface area contributed by atoms with Gasteiger partial charge in [0.05, 0.1) is 23.1 Å². The summed E-state index contributed by atoms with van der Waals surface area (Å²) < 4.78 is 5.58. The highest BCUT2D eigenvalue weighted by Gasteiger charge is 2.10. The van der Waals surface area contributed by atoms with Crippen LogP contribution in [0.25, 0.3) is 0 Å². The lowest BCUT2D eigenvalue weighted by Gasteiger charge is -2.19. The number of nitrogens with zero attached hydrogens (tertiary/aromatic N) is 2. The molecule has 0 fully saturated rings. The second-order valence-electron chi connectivity index (χ2n) is 5.63. The summed E-state index contributed by atoms with van der Waals surface area (Å²) in [5, 5.41) is 4.36. The minimum atomic E-state index is 0.0329. The maximum atomic E-state index is 6.04. The van der Waals surface area contributed by atoms with Crippen molar-refractivity contribution in [3.05, 3.63) is 46.3 Å². The van der Waals surface area contributed by atoms with Crippen molar-refractivity contribution >= 4 is 23.2 Å². The van der Waals surface area contributed by atoms with Crippen LogP contribution in [0.1, 0.15) is 26.5 Å². The SMILES string of the molecule is CC(C)(C)NCc1cnc(Oc2cc(Cl)ccc2Cl)cn1. The zero-order valence-corrected chi connectivity index (χ0v) is 13.7. The van der Waals surface area contributed by atoms with Gasteiger partial charge in [-0.25, -0.2) is 4.98 Å². The van der Waals surface area contributed by atoms with Crippen LogP contribution in [0, 0.1) is 0 Å². The molecule has 112 valence electrons. The highest BCUT2D eigenvalue weighted by atomic mass is 35.5. The van der Waals surface area contributed by atoms with Crippen molar-refractivity contribution < 1.29 is 4.74 Å². The summed E-state index contributed by atoms with van der Waals surface area (Å²) in [7, 11) is 0. The van der Waals surface area contributed by atoms with E-state index in [1.807, 2.05) is 0 Å². The highest BCUT2D eigenvalue weighted by molar-refractivity contribution is 6.34. The van der Waals surface area contributed by atoms with Crippen molar-refractivity contribution in [1.29, 1.82) is 0 Å². The Morgan fingerprint density at radius 3 is 2.52 bits per heavy atom. The lowest BCUT2D eigenvalue weighted by atomic mass is 10.1. The van der Waals surface area contributed by atoms with Crippen LogP contribution in [0.2, 0.25) is 10.0 Å². The first-order chi connectivity index (χ1) is 9.83. The largest absolute Gasteiger partial charge is 0.436 e. The van der Waals surface area contributed by atoms with Crippen LogP contribution in [0.15, 0.2) is 30.6 Å². The summed E-state index contributed by atoms with van der Waals surface area (Å²) >= 11 is 11.9. The molecule has 21 heavy (non-hydrogen) atoms. The summed E-state index contributed by atoms with van der Waals surface area (Å²) in [4.78, 5) is 8.52. The maximum absolute atomic E-state index is 6.04. The predicted molar refractivity (Wildman–Crippen MR) is 85.2 cm³/mol. The first kappa shape index (κ1) is 16.0. The van der Waals surface area contributed by atoms with Gasteiger partial charge in [0.1, 0.15) is 5.75 Å². The summed E-state index contributed by atoms with van der Waals surface area (Å²) in [6.07, 6.45) is 3.24. The quantitative estimate of drug-likeness (QED) is 0.901. The third kappa shape index (κ3) is 5.16. The molecule has 1 aromatic carbocycles. The van der Waals surface area contributed by atoms with Crippen LogP contribution < -0.4 is 10.1 Å². The fourth-order valence-electron chi connectivity index (χ4n) is 1.51. The average molecular weight is 326 g/mol. The van der Waals surface area contributed by atoms with Gasteiger partial charge >= 0.3 is 0 Å². The van der Waals surface area contributed by atoms with E-state index in [2.05, 4.69) is 36.1 Å². The zero-order chi connectivity index (χ0) is 15.5. The van der Waals surface area contributed by atoms with Gasteiger partial charge < -0.3 is 10.1 Å². The molecule has 0 aliphatic rings. The van der Waals surface area contributed by atoms with E-state index in [0.717, 1.165) is 5.69 Å². The molecule has 0 bridgehead atoms. The molecule has 0 amide bonds. The molecule has 4 nitrogen and oxygen atoms in total. The Morgan fingerprint density at radius 2 is 1.90 bits per heavy atom. The van der Waals surface area contributed by atoms with E-state index in [4.69, 9.17) is 27.9 Å². The van der Waals surface area contributed by atoms with Crippen molar-refractivity contribution in [3.63, 3.8) is 0 Å². The first-order valence-corrected chi connectivity index (χ1v) is 7.28. The maximum Gasteiger partial charge on any atom is 0.237 e. The fourth-order valence-corrected chi connectivity index (χ4v) is 1.83. The molecular weight excluding hydrogens is 309 g/mol. The van der Waals surface area contributed by atoms with Crippen LogP contribution >= 0.6 is 23.2 Å². The molecule has 0 saturated carbocycles. The molecule has 0 radical (unpaired) electrons. The van der Waals surface area contributed by atoms with Crippen LogP contribution in [0.3, 0.4) is 0 Å². The van der Waals surface area contributed by atoms with Crippen molar-refractivity contribution in [2.75, 3.05) is 0 Å². The van der Waals surface area contributed by atoms with Crippen LogP contribution in [-0.4, -0.2) is 15.5 Å². The van der Waals surface area contributed by atoms with Crippen molar-refractivity contribution in [2.24, 2.45) is 0 Å². The molecule has 0 aliphatic heterocycles. The number of nitrogens with one attached hydrogen (secondary N) is 1. The summed E-state index contributed by atoms with van der Waals surface area (Å²) in [6.45, 7) is 6.94. The summed E-state index contributed by atoms with van der Waals surface area (Å²) in [6, 6.07) is 5.01. The number of aromatic nitrogens is 2. The van der Waals surface area contributed by atoms with Gasteiger partial charge in [-0.3, -0.25) is 4.98 Å². The highest BCUT2D eigenvalue weighted by Crippen LogP contribution is 2.30. The third-order valence-electron chi connectivity index (χ3n) is 2.59. The molecule has 2 aromatic rings. The lowest BCUT2D eigenvalue weighted by molar-refractivity contribution is 0.419. The van der Waals surface area contributed by atoms with E-state index in [9.17, 15) is 0 Å². The number of rotatable bonds is 4. The number of hydrogen-bond acceptors (Lipinski definition) is 4. The van der Waals surface area contributed by atoms with E-state index in [1.165, 1.54) is 0 Å². The summed E-state index contributed by atoms with van der Waals surface area (Å²) in [5.74, 6) is 0.831. The van der Waals surface area contributed by atoms with Crippen molar-refractivity contribution in [2.45, 2.75) is 32.9 Å². The zero-order valence-electron chi connectivity index (χ0n) is 12.2. The van der Waals surface area contributed by atoms with E-state index >= 15 is 0 Å². The number of ether oxygens (including phenoxy) is 1.